The molecule has 0 heterocycles. The van der Waals surface area contributed by atoms with Crippen LogP contribution in [0.4, 0.5) is 4.39 Å². The van der Waals surface area contributed by atoms with E-state index in [9.17, 15) is 4.39 Å². The molecule has 96 valence electrons. The molecule has 0 aliphatic heterocycles. The minimum Gasteiger partial charge on any atom is -0.326 e. The largest absolute Gasteiger partial charge is 0.326 e. The van der Waals surface area contributed by atoms with Crippen LogP contribution in [0, 0.1) is 12.7 Å². The highest BCUT2D eigenvalue weighted by atomic mass is 35.5. The smallest absolute Gasteiger partial charge is 0.123 e. The zero-order chi connectivity index (χ0) is 12.4. The molecule has 0 aromatic heterocycles. The van der Waals surface area contributed by atoms with Crippen LogP contribution in [0.1, 0.15) is 11.1 Å². The van der Waals surface area contributed by atoms with Crippen molar-refractivity contribution in [3.05, 3.63) is 58.4 Å². The normalized spacial score (nSPS) is 10.0. The molecule has 0 aliphatic carbocycles. The molecular formula is C14H14Cl2FN. The SMILES string of the molecule is Cc1ccc(-c2cc(F)ccc2Cl)cc1CN.Cl. The lowest BCUT2D eigenvalue weighted by Crippen LogP contribution is -1.99. The molecule has 4 heteroatoms. The van der Waals surface area contributed by atoms with E-state index in [2.05, 4.69) is 0 Å². The Balaban J connectivity index is 0.00000162. The summed E-state index contributed by atoms with van der Waals surface area (Å²) >= 11 is 6.07. The van der Waals surface area contributed by atoms with Crippen molar-refractivity contribution >= 4 is 24.0 Å². The van der Waals surface area contributed by atoms with Gasteiger partial charge >= 0.3 is 0 Å². The molecule has 0 radical (unpaired) electrons. The van der Waals surface area contributed by atoms with Crippen LogP contribution in [0.5, 0.6) is 0 Å². The summed E-state index contributed by atoms with van der Waals surface area (Å²) in [7, 11) is 0. The van der Waals surface area contributed by atoms with Crippen molar-refractivity contribution in [2.45, 2.75) is 13.5 Å². The van der Waals surface area contributed by atoms with Gasteiger partial charge in [-0.3, -0.25) is 0 Å². The highest BCUT2D eigenvalue weighted by Crippen LogP contribution is 2.29. The number of benzene rings is 2. The summed E-state index contributed by atoms with van der Waals surface area (Å²) in [6.45, 7) is 2.46. The molecule has 2 N–H and O–H groups in total. The van der Waals surface area contributed by atoms with E-state index < -0.39 is 0 Å². The van der Waals surface area contributed by atoms with E-state index in [0.717, 1.165) is 16.7 Å². The van der Waals surface area contributed by atoms with Crippen LogP contribution in [0.2, 0.25) is 5.02 Å². The molecule has 0 spiro atoms. The first-order valence-electron chi connectivity index (χ1n) is 5.37. The number of aryl methyl sites for hydroxylation is 1. The molecule has 1 nitrogen and oxygen atoms in total. The topological polar surface area (TPSA) is 26.0 Å². The van der Waals surface area contributed by atoms with Crippen LogP contribution in [0.25, 0.3) is 11.1 Å². The molecule has 2 aromatic carbocycles. The first kappa shape index (κ1) is 15.0. The monoisotopic (exact) mass is 285 g/mol. The highest BCUT2D eigenvalue weighted by molar-refractivity contribution is 6.33. The lowest BCUT2D eigenvalue weighted by atomic mass is 9.99. The van der Waals surface area contributed by atoms with E-state index in [1.807, 2.05) is 25.1 Å². The minimum absolute atomic E-state index is 0. The van der Waals surface area contributed by atoms with Crippen LogP contribution in [-0.2, 0) is 6.54 Å². The molecular weight excluding hydrogens is 272 g/mol. The predicted octanol–water partition coefficient (Wildman–Crippen LogP) is 4.34. The molecule has 0 atom stereocenters. The van der Waals surface area contributed by atoms with Gasteiger partial charge in [0.05, 0.1) is 0 Å². The average molecular weight is 286 g/mol. The van der Waals surface area contributed by atoms with Crippen LogP contribution in [-0.4, -0.2) is 0 Å². The third-order valence-corrected chi connectivity index (χ3v) is 3.14. The molecule has 0 amide bonds. The average Bonchev–Trinajstić information content (AvgIpc) is 2.33. The molecule has 2 aromatic rings. The van der Waals surface area contributed by atoms with Crippen LogP contribution < -0.4 is 5.73 Å². The van der Waals surface area contributed by atoms with Gasteiger partial charge in [0.2, 0.25) is 0 Å². The van der Waals surface area contributed by atoms with Crippen molar-refractivity contribution in [3.8, 4) is 11.1 Å². The quantitative estimate of drug-likeness (QED) is 0.873. The fourth-order valence-electron chi connectivity index (χ4n) is 1.78. The van der Waals surface area contributed by atoms with E-state index in [1.165, 1.54) is 12.1 Å². The second kappa shape index (κ2) is 6.19. The van der Waals surface area contributed by atoms with E-state index in [-0.39, 0.29) is 18.2 Å². The fraction of sp³-hybridized carbons (Fsp3) is 0.143. The lowest BCUT2D eigenvalue weighted by molar-refractivity contribution is 0.628. The molecule has 0 bridgehead atoms. The van der Waals surface area contributed by atoms with Crippen LogP contribution in [0.3, 0.4) is 0 Å². The Labute approximate surface area is 117 Å². The van der Waals surface area contributed by atoms with Crippen molar-refractivity contribution in [2.75, 3.05) is 0 Å². The fourth-order valence-corrected chi connectivity index (χ4v) is 2.00. The van der Waals surface area contributed by atoms with Gasteiger partial charge < -0.3 is 5.73 Å². The Morgan fingerprint density at radius 3 is 2.56 bits per heavy atom. The van der Waals surface area contributed by atoms with Gasteiger partial charge in [-0.05, 0) is 47.9 Å². The summed E-state index contributed by atoms with van der Waals surface area (Å²) in [4.78, 5) is 0. The lowest BCUT2D eigenvalue weighted by Gasteiger charge is -2.09. The molecule has 18 heavy (non-hydrogen) atoms. The number of rotatable bonds is 2. The predicted molar refractivity (Wildman–Crippen MR) is 76.7 cm³/mol. The standard InChI is InChI=1S/C14H13ClFN.ClH/c1-9-2-3-10(6-11(9)8-17)13-7-12(16)4-5-14(13)15;/h2-7H,8,17H2,1H3;1H. The van der Waals surface area contributed by atoms with Gasteiger partial charge in [0.15, 0.2) is 0 Å². The van der Waals surface area contributed by atoms with E-state index in [4.69, 9.17) is 17.3 Å². The number of halogens is 3. The van der Waals surface area contributed by atoms with Crippen molar-refractivity contribution < 1.29 is 4.39 Å². The van der Waals surface area contributed by atoms with E-state index in [1.54, 1.807) is 6.07 Å². The number of hydrogen-bond acceptors (Lipinski definition) is 1. The maximum Gasteiger partial charge on any atom is 0.123 e. The second-order valence-corrected chi connectivity index (χ2v) is 4.38. The van der Waals surface area contributed by atoms with Crippen LogP contribution in [0.15, 0.2) is 36.4 Å². The Morgan fingerprint density at radius 2 is 1.89 bits per heavy atom. The Morgan fingerprint density at radius 1 is 1.17 bits per heavy atom. The van der Waals surface area contributed by atoms with Gasteiger partial charge in [-0.25, -0.2) is 4.39 Å². The maximum absolute atomic E-state index is 13.2. The zero-order valence-electron chi connectivity index (χ0n) is 9.91. The Bertz CT molecular complexity index is 555. The van der Waals surface area contributed by atoms with Crippen molar-refractivity contribution in [2.24, 2.45) is 5.73 Å². The first-order valence-corrected chi connectivity index (χ1v) is 5.74. The minimum atomic E-state index is -0.292. The molecule has 0 saturated carbocycles. The zero-order valence-corrected chi connectivity index (χ0v) is 11.5. The summed E-state index contributed by atoms with van der Waals surface area (Å²) in [5, 5.41) is 0.540. The van der Waals surface area contributed by atoms with Gasteiger partial charge in [-0.2, -0.15) is 0 Å². The molecule has 2 rings (SSSR count). The number of hydrogen-bond donors (Lipinski definition) is 1. The van der Waals surface area contributed by atoms with E-state index >= 15 is 0 Å². The van der Waals surface area contributed by atoms with E-state index in [0.29, 0.717) is 17.1 Å². The Kier molecular flexibility index (Phi) is 5.15. The second-order valence-electron chi connectivity index (χ2n) is 3.97. The summed E-state index contributed by atoms with van der Waals surface area (Å²) in [5.41, 5.74) is 9.42. The summed E-state index contributed by atoms with van der Waals surface area (Å²) < 4.78 is 13.2. The van der Waals surface area contributed by atoms with Gasteiger partial charge in [-0.1, -0.05) is 23.7 Å². The number of nitrogens with two attached hydrogens (primary N) is 1. The maximum atomic E-state index is 13.2. The summed E-state index contributed by atoms with van der Waals surface area (Å²) in [6, 6.07) is 10.2. The van der Waals surface area contributed by atoms with Gasteiger partial charge in [0.25, 0.3) is 0 Å². The molecule has 0 unspecified atom stereocenters. The van der Waals surface area contributed by atoms with Gasteiger partial charge in [-0.15, -0.1) is 12.4 Å². The summed E-state index contributed by atoms with van der Waals surface area (Å²) in [5.74, 6) is -0.292. The van der Waals surface area contributed by atoms with Gasteiger partial charge in [0, 0.05) is 17.1 Å². The van der Waals surface area contributed by atoms with Crippen molar-refractivity contribution in [3.63, 3.8) is 0 Å². The third-order valence-electron chi connectivity index (χ3n) is 2.81. The van der Waals surface area contributed by atoms with Gasteiger partial charge in [0.1, 0.15) is 5.82 Å². The van der Waals surface area contributed by atoms with Crippen molar-refractivity contribution in [1.82, 2.24) is 0 Å². The van der Waals surface area contributed by atoms with Crippen molar-refractivity contribution in [1.29, 1.82) is 0 Å². The third kappa shape index (κ3) is 3.02. The summed E-state index contributed by atoms with van der Waals surface area (Å²) in [6.07, 6.45) is 0. The molecule has 0 saturated heterocycles. The first-order chi connectivity index (χ1) is 8.11. The Hall–Kier alpha value is -1.09. The highest BCUT2D eigenvalue weighted by Gasteiger charge is 2.06. The molecule has 0 fully saturated rings. The van der Waals surface area contributed by atoms with Crippen LogP contribution >= 0.6 is 24.0 Å². The molecule has 0 aliphatic rings.